The highest BCUT2D eigenvalue weighted by atomic mass is 35.5. The summed E-state index contributed by atoms with van der Waals surface area (Å²) in [5, 5.41) is 16.0. The van der Waals surface area contributed by atoms with E-state index in [1.54, 1.807) is 12.1 Å². The second kappa shape index (κ2) is 10.2. The summed E-state index contributed by atoms with van der Waals surface area (Å²) in [6.45, 7) is 7.07. The topological polar surface area (TPSA) is 83.0 Å². The van der Waals surface area contributed by atoms with Crippen LogP contribution in [0.25, 0.3) is 22.0 Å². The van der Waals surface area contributed by atoms with E-state index < -0.39 is 6.17 Å². The predicted octanol–water partition coefficient (Wildman–Crippen LogP) is 6.09. The smallest absolute Gasteiger partial charge is 0.319 e. The lowest BCUT2D eigenvalue weighted by molar-refractivity contribution is 0.107. The van der Waals surface area contributed by atoms with Gasteiger partial charge in [0.15, 0.2) is 5.75 Å². The van der Waals surface area contributed by atoms with E-state index in [1.807, 2.05) is 6.07 Å². The van der Waals surface area contributed by atoms with E-state index in [4.69, 9.17) is 42.6 Å². The summed E-state index contributed by atoms with van der Waals surface area (Å²) < 4.78 is 27.5. The Morgan fingerprint density at radius 2 is 2.05 bits per heavy atom. The quantitative estimate of drug-likeness (QED) is 0.352. The van der Waals surface area contributed by atoms with Gasteiger partial charge in [0.25, 0.3) is 0 Å². The number of anilines is 1. The zero-order chi connectivity index (χ0) is 29.6. The van der Waals surface area contributed by atoms with Crippen molar-refractivity contribution in [2.45, 2.75) is 81.7 Å². The third-order valence-corrected chi connectivity index (χ3v) is 11.0. The second-order valence-electron chi connectivity index (χ2n) is 13.3. The van der Waals surface area contributed by atoms with Crippen LogP contribution >= 0.6 is 23.2 Å². The van der Waals surface area contributed by atoms with Crippen molar-refractivity contribution in [2.24, 2.45) is 0 Å². The van der Waals surface area contributed by atoms with E-state index in [0.717, 1.165) is 61.1 Å². The van der Waals surface area contributed by atoms with Crippen LogP contribution in [-0.4, -0.2) is 82.7 Å². The number of ether oxygens (including phenoxy) is 2. The number of nitrogens with one attached hydrogen (secondary N) is 1. The molecule has 6 heterocycles. The largest absolute Gasteiger partial charge is 0.508 e. The Labute approximate surface area is 260 Å². The minimum Gasteiger partial charge on any atom is -0.508 e. The van der Waals surface area contributed by atoms with Gasteiger partial charge in [-0.25, -0.2) is 4.39 Å². The number of alkyl halides is 1. The van der Waals surface area contributed by atoms with E-state index in [2.05, 4.69) is 29.0 Å². The Bertz CT molecular complexity index is 1620. The molecular formula is C32H36Cl2FN5O3. The Morgan fingerprint density at radius 1 is 1.19 bits per heavy atom. The molecule has 5 aliphatic heterocycles. The third-order valence-electron chi connectivity index (χ3n) is 10.3. The van der Waals surface area contributed by atoms with Crippen LogP contribution in [0.1, 0.15) is 57.4 Å². The van der Waals surface area contributed by atoms with Gasteiger partial charge in [0.2, 0.25) is 0 Å². The van der Waals surface area contributed by atoms with Crippen LogP contribution in [0, 0.1) is 0 Å². The number of piperazine rings is 1. The number of phenolic OH excluding ortho intramolecular Hbond substituents is 1. The molecule has 5 atom stereocenters. The molecule has 8 nitrogen and oxygen atoms in total. The summed E-state index contributed by atoms with van der Waals surface area (Å²) in [7, 11) is 0. The zero-order valence-electron chi connectivity index (χ0n) is 24.4. The predicted molar refractivity (Wildman–Crippen MR) is 166 cm³/mol. The first-order valence-electron chi connectivity index (χ1n) is 15.5. The lowest BCUT2D eigenvalue weighted by Gasteiger charge is -2.40. The van der Waals surface area contributed by atoms with E-state index in [1.165, 1.54) is 0 Å². The van der Waals surface area contributed by atoms with Gasteiger partial charge in [-0.05, 0) is 67.5 Å². The second-order valence-corrected chi connectivity index (χ2v) is 14.1. The van der Waals surface area contributed by atoms with Crippen molar-refractivity contribution in [3.63, 3.8) is 0 Å². The molecule has 2 bridgehead atoms. The molecule has 1 aromatic heterocycles. The van der Waals surface area contributed by atoms with Gasteiger partial charge in [0, 0.05) is 42.2 Å². The van der Waals surface area contributed by atoms with Crippen molar-refractivity contribution in [3.8, 4) is 28.6 Å². The molecule has 5 aliphatic rings. The number of nitrogens with zero attached hydrogens (tertiary/aromatic N) is 4. The van der Waals surface area contributed by atoms with Gasteiger partial charge in [-0.15, -0.1) is 0 Å². The molecule has 0 amide bonds. The number of hydrogen-bond acceptors (Lipinski definition) is 8. The monoisotopic (exact) mass is 627 g/mol. The van der Waals surface area contributed by atoms with Crippen molar-refractivity contribution in [3.05, 3.63) is 33.8 Å². The van der Waals surface area contributed by atoms with Crippen LogP contribution in [0.3, 0.4) is 0 Å². The summed E-state index contributed by atoms with van der Waals surface area (Å²) in [6.07, 6.45) is 3.77. The molecule has 0 saturated carbocycles. The van der Waals surface area contributed by atoms with Crippen LogP contribution < -0.4 is 19.7 Å². The summed E-state index contributed by atoms with van der Waals surface area (Å²) in [5.41, 5.74) is 2.63. The number of aromatic nitrogens is 2. The molecule has 8 rings (SSSR count). The number of aromatic hydroxyl groups is 1. The van der Waals surface area contributed by atoms with Gasteiger partial charge in [0.05, 0.1) is 27.5 Å². The Morgan fingerprint density at radius 3 is 2.88 bits per heavy atom. The maximum absolute atomic E-state index is 14.5. The van der Waals surface area contributed by atoms with Gasteiger partial charge in [-0.3, -0.25) is 4.90 Å². The normalized spacial score (nSPS) is 29.6. The molecule has 3 aromatic rings. The number of rotatable bonds is 5. The van der Waals surface area contributed by atoms with E-state index in [0.29, 0.717) is 59.1 Å². The van der Waals surface area contributed by atoms with Gasteiger partial charge >= 0.3 is 6.01 Å². The summed E-state index contributed by atoms with van der Waals surface area (Å²) in [6, 6.07) is 6.20. The van der Waals surface area contributed by atoms with E-state index >= 15 is 0 Å². The maximum atomic E-state index is 14.5. The molecule has 4 fully saturated rings. The van der Waals surface area contributed by atoms with Crippen molar-refractivity contribution < 1.29 is 19.0 Å². The van der Waals surface area contributed by atoms with Crippen molar-refractivity contribution in [1.82, 2.24) is 20.2 Å². The number of benzene rings is 2. The van der Waals surface area contributed by atoms with Crippen LogP contribution in [0.5, 0.6) is 17.5 Å². The molecule has 228 valence electrons. The minimum absolute atomic E-state index is 0.0575. The standard InChI is InChI=1S/C32H36Cl2FN5O3/c1-16(2)26-20(8-19(41)9-22(26)33)21-10-24-27-29(28(21)34)42-14-25-23-5-4-18(36-23)13-40(25)30(27)38-31(37-24)43-15-32-6-3-7-39(32)12-17(35)11-32/h8-10,16-18,23,25,36,41H,3-7,11-15H2,1-2H3/t17-,18?,23?,25?,32+/m1/s1. The highest BCUT2D eigenvalue weighted by Crippen LogP contribution is 2.50. The number of phenols is 1. The van der Waals surface area contributed by atoms with E-state index in [-0.39, 0.29) is 35.3 Å². The first-order chi connectivity index (χ1) is 20.7. The van der Waals surface area contributed by atoms with Crippen LogP contribution in [0.15, 0.2) is 18.2 Å². The van der Waals surface area contributed by atoms with Crippen LogP contribution in [-0.2, 0) is 0 Å². The SMILES string of the molecule is CC(C)c1c(Cl)cc(O)cc1-c1cc2nc(OC[C@@]34CCCN3C[C@H](F)C4)nc3c2c(c1Cl)OCC1C2CCC(CN31)N2. The number of halogens is 3. The highest BCUT2D eigenvalue weighted by molar-refractivity contribution is 6.37. The molecule has 2 aromatic carbocycles. The molecule has 0 radical (unpaired) electrons. The summed E-state index contributed by atoms with van der Waals surface area (Å²) in [4.78, 5) is 14.5. The zero-order valence-corrected chi connectivity index (χ0v) is 25.9. The molecule has 11 heteroatoms. The van der Waals surface area contributed by atoms with Crippen molar-refractivity contribution in [2.75, 3.05) is 37.7 Å². The summed E-state index contributed by atoms with van der Waals surface area (Å²) in [5.74, 6) is 1.43. The highest BCUT2D eigenvalue weighted by Gasteiger charge is 2.50. The van der Waals surface area contributed by atoms with E-state index in [9.17, 15) is 9.50 Å². The van der Waals surface area contributed by atoms with Crippen molar-refractivity contribution in [1.29, 1.82) is 0 Å². The average Bonchev–Trinajstić information content (AvgIpc) is 3.58. The Hall–Kier alpha value is -2.59. The number of fused-ring (bicyclic) bond motifs is 6. The van der Waals surface area contributed by atoms with Gasteiger partial charge in [-0.2, -0.15) is 9.97 Å². The molecule has 3 unspecified atom stereocenters. The lowest BCUT2D eigenvalue weighted by atomic mass is 9.91. The number of hydrogen-bond donors (Lipinski definition) is 2. The van der Waals surface area contributed by atoms with Gasteiger partial charge in [0.1, 0.15) is 31.0 Å². The lowest BCUT2D eigenvalue weighted by Crippen LogP contribution is -2.60. The first kappa shape index (κ1) is 27.9. The molecular weight excluding hydrogens is 592 g/mol. The third kappa shape index (κ3) is 4.44. The Balaban J connectivity index is 1.29. The summed E-state index contributed by atoms with van der Waals surface area (Å²) >= 11 is 13.9. The molecule has 43 heavy (non-hydrogen) atoms. The molecule has 0 aliphatic carbocycles. The fourth-order valence-electron chi connectivity index (χ4n) is 8.37. The molecule has 2 N–H and O–H groups in total. The Kier molecular flexibility index (Phi) is 6.64. The van der Waals surface area contributed by atoms with Crippen molar-refractivity contribution >= 4 is 39.9 Å². The van der Waals surface area contributed by atoms with Gasteiger partial charge in [-0.1, -0.05) is 37.0 Å². The molecule has 0 spiro atoms. The minimum atomic E-state index is -0.836. The van der Waals surface area contributed by atoms with Crippen LogP contribution in [0.4, 0.5) is 10.2 Å². The van der Waals surface area contributed by atoms with Crippen LogP contribution in [0.2, 0.25) is 10.0 Å². The fraction of sp³-hybridized carbons (Fsp3) is 0.562. The first-order valence-corrected chi connectivity index (χ1v) is 16.2. The molecule has 4 saturated heterocycles. The fourth-order valence-corrected chi connectivity index (χ4v) is 9.11. The average molecular weight is 629 g/mol. The van der Waals surface area contributed by atoms with Gasteiger partial charge < -0.3 is 24.8 Å². The maximum Gasteiger partial charge on any atom is 0.319 e.